The Kier molecular flexibility index (Phi) is 9.68. The molecule has 0 aromatic heterocycles. The Morgan fingerprint density at radius 3 is 2.72 bits per heavy atom. The van der Waals surface area contributed by atoms with Gasteiger partial charge in [-0.25, -0.2) is 0 Å². The van der Waals surface area contributed by atoms with Gasteiger partial charge in [-0.2, -0.15) is 0 Å². The molecule has 0 saturated heterocycles. The largest absolute Gasteiger partial charge is 0.491 e. The van der Waals surface area contributed by atoms with Gasteiger partial charge < -0.3 is 24.8 Å². The van der Waals surface area contributed by atoms with Crippen molar-refractivity contribution in [2.24, 2.45) is 11.8 Å². The van der Waals surface area contributed by atoms with Crippen molar-refractivity contribution in [3.05, 3.63) is 60.4 Å². The molecule has 2 rings (SSSR count). The molecule has 1 fully saturated rings. The monoisotopic (exact) mass is 402 g/mol. The first kappa shape index (κ1) is 22.9. The third kappa shape index (κ3) is 7.87. The summed E-state index contributed by atoms with van der Waals surface area (Å²) >= 11 is 0. The second kappa shape index (κ2) is 12.2. The van der Waals surface area contributed by atoms with Crippen molar-refractivity contribution in [1.29, 1.82) is 0 Å². The smallest absolute Gasteiger partial charge is 0.305 e. The number of ether oxygens (including phenoxy) is 2. The van der Waals surface area contributed by atoms with E-state index < -0.39 is 18.3 Å². The lowest BCUT2D eigenvalue weighted by Gasteiger charge is -2.19. The van der Waals surface area contributed by atoms with Gasteiger partial charge >= 0.3 is 5.97 Å². The second-order valence-electron chi connectivity index (χ2n) is 7.11. The van der Waals surface area contributed by atoms with Crippen LogP contribution in [0, 0.1) is 11.8 Å². The van der Waals surface area contributed by atoms with E-state index >= 15 is 0 Å². The molecule has 1 aromatic carbocycles. The summed E-state index contributed by atoms with van der Waals surface area (Å²) in [7, 11) is 1.35. The van der Waals surface area contributed by atoms with Crippen molar-refractivity contribution < 1.29 is 29.6 Å². The first-order valence-corrected chi connectivity index (χ1v) is 9.87. The first-order valence-electron chi connectivity index (χ1n) is 9.87. The maximum Gasteiger partial charge on any atom is 0.305 e. The predicted molar refractivity (Wildman–Crippen MR) is 109 cm³/mol. The number of hydrogen-bond acceptors (Lipinski definition) is 6. The number of methoxy groups -OCH3 is 1. The van der Waals surface area contributed by atoms with Gasteiger partial charge in [0.2, 0.25) is 0 Å². The number of para-hydroxylation sites is 1. The summed E-state index contributed by atoms with van der Waals surface area (Å²) in [5.74, 6) is -0.00911. The molecule has 6 nitrogen and oxygen atoms in total. The lowest BCUT2D eigenvalue weighted by atomic mass is 9.90. The van der Waals surface area contributed by atoms with Gasteiger partial charge in [0.25, 0.3) is 0 Å². The normalized spacial score (nSPS) is 24.7. The average Bonchev–Trinajstić information content (AvgIpc) is 3.00. The molecular weight excluding hydrogens is 372 g/mol. The first-order chi connectivity index (χ1) is 14.0. The Morgan fingerprint density at radius 2 is 2.00 bits per heavy atom. The van der Waals surface area contributed by atoms with Crippen LogP contribution in [-0.4, -0.2) is 53.3 Å². The van der Waals surface area contributed by atoms with Crippen molar-refractivity contribution in [2.75, 3.05) is 13.7 Å². The molecule has 5 atom stereocenters. The Morgan fingerprint density at radius 1 is 1.24 bits per heavy atom. The van der Waals surface area contributed by atoms with E-state index in [-0.39, 0.29) is 24.4 Å². The maximum atomic E-state index is 11.1. The van der Waals surface area contributed by atoms with Gasteiger partial charge in [-0.3, -0.25) is 4.79 Å². The number of aliphatic hydroxyl groups is 3. The Balaban J connectivity index is 1.85. The van der Waals surface area contributed by atoms with E-state index in [9.17, 15) is 20.1 Å². The van der Waals surface area contributed by atoms with Crippen LogP contribution >= 0.6 is 0 Å². The maximum absolute atomic E-state index is 11.1. The van der Waals surface area contributed by atoms with Gasteiger partial charge in [-0.05, 0) is 43.0 Å². The van der Waals surface area contributed by atoms with Crippen LogP contribution in [0.4, 0.5) is 0 Å². The number of rotatable bonds is 10. The molecule has 1 aromatic rings. The van der Waals surface area contributed by atoms with Gasteiger partial charge in [0, 0.05) is 18.8 Å². The molecule has 29 heavy (non-hydrogen) atoms. The van der Waals surface area contributed by atoms with Crippen LogP contribution in [0.1, 0.15) is 25.7 Å². The van der Waals surface area contributed by atoms with Crippen LogP contribution in [0.25, 0.3) is 0 Å². The molecule has 0 bridgehead atoms. The molecule has 3 N–H and O–H groups in total. The van der Waals surface area contributed by atoms with E-state index in [0.717, 1.165) is 0 Å². The molecule has 1 aliphatic rings. The lowest BCUT2D eigenvalue weighted by Crippen LogP contribution is -2.21. The van der Waals surface area contributed by atoms with E-state index in [1.807, 2.05) is 30.3 Å². The fourth-order valence-corrected chi connectivity index (χ4v) is 3.38. The third-order valence-corrected chi connectivity index (χ3v) is 4.98. The highest BCUT2D eigenvalue weighted by Gasteiger charge is 2.39. The summed E-state index contributed by atoms with van der Waals surface area (Å²) in [6.45, 7) is 0.110. The number of carbonyl (C=O) groups is 1. The van der Waals surface area contributed by atoms with Crippen molar-refractivity contribution in [2.45, 2.75) is 44.0 Å². The zero-order valence-electron chi connectivity index (χ0n) is 16.7. The minimum atomic E-state index is -0.811. The number of allylic oxidation sites excluding steroid dienone is 1. The SMILES string of the molecule is COC(=O)CCC=C=CC[C@@H]1[C@H](/C=C/[C@@H](O)COc2ccccc2)[C@H](O)C[C@@H]1O. The van der Waals surface area contributed by atoms with Crippen LogP contribution in [0.15, 0.2) is 60.4 Å². The van der Waals surface area contributed by atoms with Crippen LogP contribution in [0.5, 0.6) is 5.75 Å². The molecule has 0 amide bonds. The number of hydrogen-bond donors (Lipinski definition) is 3. The van der Waals surface area contributed by atoms with Crippen LogP contribution in [-0.2, 0) is 9.53 Å². The van der Waals surface area contributed by atoms with E-state index in [1.54, 1.807) is 24.3 Å². The topological polar surface area (TPSA) is 96.2 Å². The van der Waals surface area contributed by atoms with E-state index in [4.69, 9.17) is 4.74 Å². The highest BCUT2D eigenvalue weighted by molar-refractivity contribution is 5.69. The lowest BCUT2D eigenvalue weighted by molar-refractivity contribution is -0.140. The quantitative estimate of drug-likeness (QED) is 0.316. The molecule has 0 radical (unpaired) electrons. The average molecular weight is 402 g/mol. The van der Waals surface area contributed by atoms with Gasteiger partial charge in [-0.1, -0.05) is 30.4 Å². The second-order valence-corrected chi connectivity index (χ2v) is 7.11. The fourth-order valence-electron chi connectivity index (χ4n) is 3.38. The Hall–Kier alpha value is -2.37. The van der Waals surface area contributed by atoms with Crippen LogP contribution < -0.4 is 4.74 Å². The fraction of sp³-hybridized carbons (Fsp3) is 0.478. The highest BCUT2D eigenvalue weighted by atomic mass is 16.5. The van der Waals surface area contributed by atoms with E-state index in [1.165, 1.54) is 7.11 Å². The standard InChI is InChI=1S/C23H30O6/c1-28-23(27)12-8-3-2-7-11-19-20(22(26)15-21(19)25)14-13-17(24)16-29-18-9-5-4-6-10-18/h3-7,9-10,13-14,17,19-22,24-26H,8,11-12,15-16H2,1H3/b14-13+/t2?,17-,19-,20+,21+,22-/m1/s1. The van der Waals surface area contributed by atoms with Crippen molar-refractivity contribution >= 4 is 5.97 Å². The zero-order chi connectivity index (χ0) is 21.1. The molecule has 6 heteroatoms. The third-order valence-electron chi connectivity index (χ3n) is 4.98. The number of esters is 1. The Bertz CT molecular complexity index is 707. The molecule has 158 valence electrons. The number of carbonyl (C=O) groups excluding carboxylic acids is 1. The van der Waals surface area contributed by atoms with Crippen molar-refractivity contribution in [3.63, 3.8) is 0 Å². The molecule has 0 aliphatic heterocycles. The minimum Gasteiger partial charge on any atom is -0.491 e. The highest BCUT2D eigenvalue weighted by Crippen LogP contribution is 2.36. The molecule has 0 heterocycles. The summed E-state index contributed by atoms with van der Waals surface area (Å²) < 4.78 is 10.1. The van der Waals surface area contributed by atoms with E-state index in [2.05, 4.69) is 10.5 Å². The summed E-state index contributed by atoms with van der Waals surface area (Å²) in [5, 5.41) is 30.6. The zero-order valence-corrected chi connectivity index (χ0v) is 16.7. The summed E-state index contributed by atoms with van der Waals surface area (Å²) in [6.07, 6.45) is 6.52. The van der Waals surface area contributed by atoms with E-state index in [0.29, 0.717) is 31.4 Å². The summed E-state index contributed by atoms with van der Waals surface area (Å²) in [6, 6.07) is 9.23. The van der Waals surface area contributed by atoms with Crippen molar-refractivity contribution in [3.8, 4) is 5.75 Å². The summed E-state index contributed by atoms with van der Waals surface area (Å²) in [5.41, 5.74) is 3.01. The molecule has 1 aliphatic carbocycles. The van der Waals surface area contributed by atoms with Gasteiger partial charge in [0.15, 0.2) is 0 Å². The van der Waals surface area contributed by atoms with Gasteiger partial charge in [-0.15, -0.1) is 5.73 Å². The molecular formula is C23H30O6. The molecule has 0 spiro atoms. The molecule has 0 unspecified atom stereocenters. The Labute approximate surface area is 171 Å². The van der Waals surface area contributed by atoms with Crippen LogP contribution in [0.2, 0.25) is 0 Å². The van der Waals surface area contributed by atoms with Gasteiger partial charge in [0.05, 0.1) is 19.3 Å². The van der Waals surface area contributed by atoms with Crippen molar-refractivity contribution in [1.82, 2.24) is 0 Å². The minimum absolute atomic E-state index is 0.110. The number of aliphatic hydroxyl groups excluding tert-OH is 3. The predicted octanol–water partition coefficient (Wildman–Crippen LogP) is 2.40. The molecule has 1 saturated carbocycles. The van der Waals surface area contributed by atoms with Crippen LogP contribution in [0.3, 0.4) is 0 Å². The van der Waals surface area contributed by atoms with Gasteiger partial charge in [0.1, 0.15) is 18.5 Å². The summed E-state index contributed by atoms with van der Waals surface area (Å²) in [4.78, 5) is 11.1. The number of benzene rings is 1.